The van der Waals surface area contributed by atoms with Crippen LogP contribution in [0.1, 0.15) is 18.5 Å². The van der Waals surface area contributed by atoms with E-state index in [2.05, 4.69) is 64.7 Å². The lowest BCUT2D eigenvalue weighted by Crippen LogP contribution is -2.24. The number of benzene rings is 2. The molecule has 4 nitrogen and oxygen atoms in total. The van der Waals surface area contributed by atoms with Gasteiger partial charge in [0.1, 0.15) is 5.75 Å². The second-order valence-corrected chi connectivity index (χ2v) is 6.20. The Morgan fingerprint density at radius 1 is 1.12 bits per heavy atom. The van der Waals surface area contributed by atoms with Gasteiger partial charge in [-0.15, -0.1) is 0 Å². The smallest absolute Gasteiger partial charge is 0.119 e. The van der Waals surface area contributed by atoms with Gasteiger partial charge in [-0.25, -0.2) is 0 Å². The van der Waals surface area contributed by atoms with Crippen molar-refractivity contribution in [2.24, 2.45) is 0 Å². The second-order valence-electron chi connectivity index (χ2n) is 6.20. The molecule has 0 aliphatic carbocycles. The maximum absolute atomic E-state index is 5.48. The van der Waals surface area contributed by atoms with Gasteiger partial charge in [-0.05, 0) is 47.9 Å². The van der Waals surface area contributed by atoms with Gasteiger partial charge in [0.25, 0.3) is 0 Å². The number of hydrogen-bond acceptors (Lipinski definition) is 4. The van der Waals surface area contributed by atoms with Crippen molar-refractivity contribution in [3.63, 3.8) is 0 Å². The van der Waals surface area contributed by atoms with Crippen LogP contribution in [-0.4, -0.2) is 23.7 Å². The molecule has 1 N–H and O–H groups in total. The Balaban J connectivity index is 1.90. The lowest BCUT2D eigenvalue weighted by atomic mass is 9.92. The minimum absolute atomic E-state index is 0.225. The number of rotatable bonds is 4. The summed E-state index contributed by atoms with van der Waals surface area (Å²) in [5.41, 5.74) is 4.67. The highest BCUT2D eigenvalue weighted by Crippen LogP contribution is 2.37. The summed E-state index contributed by atoms with van der Waals surface area (Å²) in [6, 6.07) is 17.0. The zero-order valence-corrected chi connectivity index (χ0v) is 14.4. The largest absolute Gasteiger partial charge is 0.497 e. The Bertz CT molecular complexity index is 930. The van der Waals surface area contributed by atoms with Crippen LogP contribution in [0.4, 0.5) is 0 Å². The Hall–Kier alpha value is -3.01. The van der Waals surface area contributed by atoms with Crippen molar-refractivity contribution in [3.8, 4) is 16.9 Å². The number of fused-ring (bicyclic) bond motifs is 1. The van der Waals surface area contributed by atoms with E-state index in [1.165, 1.54) is 22.1 Å². The molecule has 3 aromatic rings. The minimum atomic E-state index is 0.225. The van der Waals surface area contributed by atoms with Gasteiger partial charge in [0, 0.05) is 24.0 Å². The third-order valence-electron chi connectivity index (χ3n) is 4.80. The van der Waals surface area contributed by atoms with Crippen molar-refractivity contribution in [1.82, 2.24) is 15.2 Å². The Morgan fingerprint density at radius 2 is 2.04 bits per heavy atom. The van der Waals surface area contributed by atoms with E-state index >= 15 is 0 Å². The molecule has 4 heteroatoms. The Kier molecular flexibility index (Phi) is 4.02. The van der Waals surface area contributed by atoms with Crippen LogP contribution in [0.5, 0.6) is 5.75 Å². The van der Waals surface area contributed by atoms with Crippen LogP contribution in [0.15, 0.2) is 67.1 Å². The number of ether oxygens (including phenoxy) is 1. The highest BCUT2D eigenvalue weighted by Gasteiger charge is 2.20. The maximum atomic E-state index is 5.48. The van der Waals surface area contributed by atoms with Gasteiger partial charge in [-0.3, -0.25) is 4.98 Å². The fourth-order valence-electron chi connectivity index (χ4n) is 3.40. The van der Waals surface area contributed by atoms with Crippen molar-refractivity contribution < 1.29 is 4.74 Å². The number of pyridine rings is 1. The van der Waals surface area contributed by atoms with E-state index in [-0.39, 0.29) is 6.04 Å². The van der Waals surface area contributed by atoms with Gasteiger partial charge in [-0.2, -0.15) is 0 Å². The summed E-state index contributed by atoms with van der Waals surface area (Å²) in [7, 11) is 1.71. The quantitative estimate of drug-likeness (QED) is 0.773. The molecule has 0 amide bonds. The fraction of sp³-hybridized carbons (Fsp3) is 0.190. The first-order chi connectivity index (χ1) is 12.3. The van der Waals surface area contributed by atoms with Crippen molar-refractivity contribution in [2.75, 3.05) is 13.8 Å². The standard InChI is InChI=1S/C21H21N3O/c1-15(24-12-11-22-14-24)20-13-16(25-2)8-9-18(20)17-5-3-7-21-19(17)6-4-10-23-21/h3-13,15,22H,14H2,1-2H3. The number of methoxy groups -OCH3 is 1. The van der Waals surface area contributed by atoms with Crippen LogP contribution in [0.25, 0.3) is 22.0 Å². The van der Waals surface area contributed by atoms with E-state index in [0.717, 1.165) is 17.9 Å². The summed E-state index contributed by atoms with van der Waals surface area (Å²) in [5.74, 6) is 0.875. The lowest BCUT2D eigenvalue weighted by Gasteiger charge is -2.27. The SMILES string of the molecule is COc1ccc(-c2cccc3ncccc23)c(C(C)N2C=CNC2)c1. The molecule has 1 aliphatic heterocycles. The molecule has 4 rings (SSSR count). The topological polar surface area (TPSA) is 37.4 Å². The predicted octanol–water partition coefficient (Wildman–Crippen LogP) is 4.31. The summed E-state index contributed by atoms with van der Waals surface area (Å²) in [4.78, 5) is 6.78. The highest BCUT2D eigenvalue weighted by molar-refractivity contribution is 5.95. The molecular weight excluding hydrogens is 310 g/mol. The molecule has 2 aromatic carbocycles. The molecule has 0 saturated carbocycles. The molecule has 2 heterocycles. The van der Waals surface area contributed by atoms with Gasteiger partial charge in [0.15, 0.2) is 0 Å². The van der Waals surface area contributed by atoms with E-state index in [9.17, 15) is 0 Å². The monoisotopic (exact) mass is 331 g/mol. The van der Waals surface area contributed by atoms with E-state index in [0.29, 0.717) is 0 Å². The summed E-state index contributed by atoms with van der Waals surface area (Å²) < 4.78 is 5.48. The van der Waals surface area contributed by atoms with Gasteiger partial charge in [0.2, 0.25) is 0 Å². The van der Waals surface area contributed by atoms with Crippen LogP contribution in [-0.2, 0) is 0 Å². The predicted molar refractivity (Wildman–Crippen MR) is 101 cm³/mol. The fourth-order valence-corrected chi connectivity index (χ4v) is 3.40. The van der Waals surface area contributed by atoms with Crippen molar-refractivity contribution in [1.29, 1.82) is 0 Å². The van der Waals surface area contributed by atoms with Crippen LogP contribution in [0.2, 0.25) is 0 Å². The van der Waals surface area contributed by atoms with Crippen LogP contribution >= 0.6 is 0 Å². The van der Waals surface area contributed by atoms with Crippen LogP contribution in [0.3, 0.4) is 0 Å². The molecule has 0 spiro atoms. The van der Waals surface area contributed by atoms with Gasteiger partial charge < -0.3 is 15.0 Å². The third kappa shape index (κ3) is 2.80. The summed E-state index contributed by atoms with van der Waals surface area (Å²) in [5, 5.41) is 4.41. The molecule has 1 atom stereocenters. The van der Waals surface area contributed by atoms with E-state index < -0.39 is 0 Å². The zero-order valence-electron chi connectivity index (χ0n) is 14.4. The highest BCUT2D eigenvalue weighted by atomic mass is 16.5. The van der Waals surface area contributed by atoms with E-state index in [4.69, 9.17) is 4.74 Å². The molecule has 0 radical (unpaired) electrons. The molecule has 25 heavy (non-hydrogen) atoms. The van der Waals surface area contributed by atoms with Crippen molar-refractivity contribution >= 4 is 10.9 Å². The van der Waals surface area contributed by atoms with Gasteiger partial charge in [0.05, 0.1) is 25.3 Å². The molecule has 1 aliphatic rings. The summed E-state index contributed by atoms with van der Waals surface area (Å²) >= 11 is 0. The van der Waals surface area contributed by atoms with Crippen molar-refractivity contribution in [2.45, 2.75) is 13.0 Å². The number of aromatic nitrogens is 1. The van der Waals surface area contributed by atoms with Gasteiger partial charge >= 0.3 is 0 Å². The third-order valence-corrected chi connectivity index (χ3v) is 4.80. The molecule has 0 saturated heterocycles. The Morgan fingerprint density at radius 3 is 2.84 bits per heavy atom. The average Bonchev–Trinajstić information content (AvgIpc) is 3.21. The van der Waals surface area contributed by atoms with Crippen LogP contribution in [0, 0.1) is 0 Å². The number of hydrogen-bond donors (Lipinski definition) is 1. The minimum Gasteiger partial charge on any atom is -0.497 e. The van der Waals surface area contributed by atoms with Crippen molar-refractivity contribution in [3.05, 3.63) is 72.7 Å². The summed E-state index contributed by atoms with van der Waals surface area (Å²) in [6.07, 6.45) is 5.92. The zero-order chi connectivity index (χ0) is 17.2. The average molecular weight is 331 g/mol. The second kappa shape index (κ2) is 6.48. The molecule has 0 fully saturated rings. The number of nitrogens with zero attached hydrogens (tertiary/aromatic N) is 2. The molecule has 126 valence electrons. The molecule has 0 bridgehead atoms. The summed E-state index contributed by atoms with van der Waals surface area (Å²) in [6.45, 7) is 3.04. The Labute approximate surface area is 147 Å². The van der Waals surface area contributed by atoms with E-state index in [1.54, 1.807) is 7.11 Å². The van der Waals surface area contributed by atoms with Gasteiger partial charge in [-0.1, -0.05) is 24.3 Å². The first kappa shape index (κ1) is 15.5. The van der Waals surface area contributed by atoms with E-state index in [1.807, 2.05) is 24.5 Å². The normalized spacial score (nSPS) is 14.6. The molecule has 1 unspecified atom stereocenters. The lowest BCUT2D eigenvalue weighted by molar-refractivity contribution is 0.311. The molecule has 1 aromatic heterocycles. The first-order valence-electron chi connectivity index (χ1n) is 8.46. The number of nitrogens with one attached hydrogen (secondary N) is 1. The molecular formula is C21H21N3O. The first-order valence-corrected chi connectivity index (χ1v) is 8.46. The van der Waals surface area contributed by atoms with Crippen LogP contribution < -0.4 is 10.1 Å². The maximum Gasteiger partial charge on any atom is 0.119 e.